The van der Waals surface area contributed by atoms with Crippen LogP contribution in [0.25, 0.3) is 0 Å². The molecule has 0 atom stereocenters. The van der Waals surface area contributed by atoms with Gasteiger partial charge in [0.15, 0.2) is 5.82 Å². The van der Waals surface area contributed by atoms with Crippen molar-refractivity contribution < 1.29 is 22.3 Å². The molecule has 2 aromatic heterocycles. The summed E-state index contributed by atoms with van der Waals surface area (Å²) in [4.78, 5) is 24.9. The summed E-state index contributed by atoms with van der Waals surface area (Å²) >= 11 is 0. The third-order valence-corrected chi connectivity index (χ3v) is 7.74. The highest BCUT2D eigenvalue weighted by Crippen LogP contribution is 2.40. The van der Waals surface area contributed by atoms with E-state index in [9.17, 15) is 17.6 Å². The van der Waals surface area contributed by atoms with Gasteiger partial charge in [-0.1, -0.05) is 6.07 Å². The molecule has 11 heteroatoms. The van der Waals surface area contributed by atoms with E-state index in [4.69, 9.17) is 4.74 Å². The molecule has 0 spiro atoms. The summed E-state index contributed by atoms with van der Waals surface area (Å²) < 4.78 is 45.6. The van der Waals surface area contributed by atoms with Gasteiger partial charge >= 0.3 is 0 Å². The zero-order chi connectivity index (χ0) is 24.2. The van der Waals surface area contributed by atoms with Crippen LogP contribution in [0.1, 0.15) is 28.4 Å². The van der Waals surface area contributed by atoms with Crippen molar-refractivity contribution in [1.29, 1.82) is 0 Å². The molecule has 2 aliphatic heterocycles. The van der Waals surface area contributed by atoms with Crippen molar-refractivity contribution in [2.45, 2.75) is 19.3 Å². The average molecular weight is 484 g/mol. The Morgan fingerprint density at radius 2 is 1.91 bits per heavy atom. The first-order chi connectivity index (χ1) is 16.2. The Labute approximate surface area is 196 Å². The molecule has 0 aliphatic carbocycles. The largest absolute Gasteiger partial charge is 0.488 e. The van der Waals surface area contributed by atoms with E-state index >= 15 is 0 Å². The molecule has 2 aliphatic rings. The number of nitrogens with zero attached hydrogens (tertiary/aromatic N) is 5. The Morgan fingerprint density at radius 3 is 2.68 bits per heavy atom. The molecule has 0 N–H and O–H groups in total. The lowest BCUT2D eigenvalue weighted by Gasteiger charge is -2.22. The molecule has 0 bridgehead atoms. The fraction of sp³-hybridized carbons (Fsp3) is 0.261. The number of aromatic nitrogens is 2. The fourth-order valence-electron chi connectivity index (χ4n) is 4.24. The standard InChI is InChI=1S/C23H22FN5O4S/c1-4-29-21-15(23(30)27(2)18-8-9-20(24)26-22(18)29)10-14(11-25-21)12-33-19-7-5-6-17-16(19)13-34(31,32)28(17)3/h5-11H,4,12-13H2,1-3H3. The van der Waals surface area contributed by atoms with Crippen LogP contribution in [0.5, 0.6) is 5.75 Å². The predicted octanol–water partition coefficient (Wildman–Crippen LogP) is 3.22. The van der Waals surface area contributed by atoms with Gasteiger partial charge in [0.1, 0.15) is 23.9 Å². The molecule has 0 unspecified atom stereocenters. The molecular weight excluding hydrogens is 461 g/mol. The number of ether oxygens (including phenoxy) is 1. The van der Waals surface area contributed by atoms with Crippen LogP contribution in [-0.4, -0.2) is 44.9 Å². The number of hydrogen-bond acceptors (Lipinski definition) is 7. The topological polar surface area (TPSA) is 95.9 Å². The highest BCUT2D eigenvalue weighted by Gasteiger charge is 2.33. The minimum Gasteiger partial charge on any atom is -0.488 e. The van der Waals surface area contributed by atoms with Gasteiger partial charge < -0.3 is 14.5 Å². The molecule has 0 radical (unpaired) electrons. The Kier molecular flexibility index (Phi) is 5.16. The van der Waals surface area contributed by atoms with Crippen LogP contribution in [-0.2, 0) is 22.4 Å². The molecule has 5 rings (SSSR count). The Bertz CT molecular complexity index is 1430. The maximum Gasteiger partial charge on any atom is 0.261 e. The fourth-order valence-corrected chi connectivity index (χ4v) is 5.56. The van der Waals surface area contributed by atoms with Gasteiger partial charge in [-0.15, -0.1) is 0 Å². The first-order valence-electron chi connectivity index (χ1n) is 10.6. The number of carbonyl (C=O) groups excluding carboxylic acids is 1. The molecule has 176 valence electrons. The van der Waals surface area contributed by atoms with Gasteiger partial charge in [-0.3, -0.25) is 9.10 Å². The number of anilines is 4. The van der Waals surface area contributed by atoms with Crippen molar-refractivity contribution in [2.24, 2.45) is 0 Å². The number of hydrogen-bond donors (Lipinski definition) is 0. The molecule has 0 saturated heterocycles. The van der Waals surface area contributed by atoms with Crippen LogP contribution < -0.4 is 18.8 Å². The van der Waals surface area contributed by atoms with Crippen LogP contribution in [0.2, 0.25) is 0 Å². The van der Waals surface area contributed by atoms with E-state index in [1.807, 2.05) is 6.92 Å². The SMILES string of the molecule is CCN1c2ncc(COc3cccc4c3CS(=O)(=O)N4C)cc2C(=O)N(C)c2ccc(F)nc21. The van der Waals surface area contributed by atoms with Crippen LogP contribution >= 0.6 is 0 Å². The molecule has 1 aromatic carbocycles. The number of halogens is 1. The minimum atomic E-state index is -3.40. The lowest BCUT2D eigenvalue weighted by molar-refractivity contribution is 0.0994. The number of pyridine rings is 2. The molecule has 34 heavy (non-hydrogen) atoms. The monoisotopic (exact) mass is 483 g/mol. The van der Waals surface area contributed by atoms with Gasteiger partial charge in [0.25, 0.3) is 5.91 Å². The van der Waals surface area contributed by atoms with E-state index in [-0.39, 0.29) is 18.3 Å². The molecule has 4 heterocycles. The summed E-state index contributed by atoms with van der Waals surface area (Å²) in [6.07, 6.45) is 1.59. The molecule has 3 aromatic rings. The number of sulfonamides is 1. The zero-order valence-electron chi connectivity index (χ0n) is 18.8. The van der Waals surface area contributed by atoms with Crippen molar-refractivity contribution in [1.82, 2.24) is 9.97 Å². The zero-order valence-corrected chi connectivity index (χ0v) is 19.6. The normalized spacial score (nSPS) is 16.1. The second-order valence-electron chi connectivity index (χ2n) is 8.07. The van der Waals surface area contributed by atoms with Crippen LogP contribution in [0.4, 0.5) is 27.4 Å². The lowest BCUT2D eigenvalue weighted by Crippen LogP contribution is -2.25. The second kappa shape index (κ2) is 7.94. The molecule has 0 saturated carbocycles. The van der Waals surface area contributed by atoms with E-state index in [0.29, 0.717) is 52.0 Å². The van der Waals surface area contributed by atoms with E-state index in [1.54, 1.807) is 42.4 Å². The maximum absolute atomic E-state index is 13.9. The van der Waals surface area contributed by atoms with Crippen molar-refractivity contribution >= 4 is 38.9 Å². The van der Waals surface area contributed by atoms with Gasteiger partial charge in [-0.2, -0.15) is 9.37 Å². The maximum atomic E-state index is 13.9. The summed E-state index contributed by atoms with van der Waals surface area (Å²) in [5.41, 5.74) is 2.64. The van der Waals surface area contributed by atoms with E-state index in [2.05, 4.69) is 9.97 Å². The van der Waals surface area contributed by atoms with E-state index in [0.717, 1.165) is 0 Å². The highest BCUT2D eigenvalue weighted by atomic mass is 32.2. The molecule has 0 fully saturated rings. The number of benzene rings is 1. The van der Waals surface area contributed by atoms with Crippen molar-refractivity contribution in [3.05, 3.63) is 65.2 Å². The van der Waals surface area contributed by atoms with Gasteiger partial charge in [-0.25, -0.2) is 13.4 Å². The van der Waals surface area contributed by atoms with Gasteiger partial charge in [0.2, 0.25) is 16.0 Å². The molecular formula is C23H22FN5O4S. The van der Waals surface area contributed by atoms with Crippen molar-refractivity contribution in [3.63, 3.8) is 0 Å². The third kappa shape index (κ3) is 3.43. The van der Waals surface area contributed by atoms with E-state index < -0.39 is 16.0 Å². The molecule has 1 amide bonds. The van der Waals surface area contributed by atoms with Crippen LogP contribution in [0, 0.1) is 5.95 Å². The average Bonchev–Trinajstić information content (AvgIpc) is 3.02. The summed E-state index contributed by atoms with van der Waals surface area (Å²) in [5, 5.41) is 0. The van der Waals surface area contributed by atoms with E-state index in [1.165, 1.54) is 28.4 Å². The summed E-state index contributed by atoms with van der Waals surface area (Å²) in [6, 6.07) is 9.63. The lowest BCUT2D eigenvalue weighted by atomic mass is 10.1. The Balaban J connectivity index is 1.48. The summed E-state index contributed by atoms with van der Waals surface area (Å²) in [6.45, 7) is 2.39. The van der Waals surface area contributed by atoms with Gasteiger partial charge in [0.05, 0.1) is 16.9 Å². The predicted molar refractivity (Wildman–Crippen MR) is 126 cm³/mol. The summed E-state index contributed by atoms with van der Waals surface area (Å²) in [5.74, 6) is 0.0875. The number of fused-ring (bicyclic) bond motifs is 3. The number of rotatable bonds is 4. The smallest absolute Gasteiger partial charge is 0.261 e. The third-order valence-electron chi connectivity index (χ3n) is 6.05. The first kappa shape index (κ1) is 22.1. The highest BCUT2D eigenvalue weighted by molar-refractivity contribution is 7.92. The van der Waals surface area contributed by atoms with Crippen molar-refractivity contribution in [2.75, 3.05) is 34.7 Å². The van der Waals surface area contributed by atoms with Crippen LogP contribution in [0.3, 0.4) is 0 Å². The first-order valence-corrected chi connectivity index (χ1v) is 12.2. The number of amides is 1. The van der Waals surface area contributed by atoms with Crippen molar-refractivity contribution in [3.8, 4) is 5.75 Å². The summed E-state index contributed by atoms with van der Waals surface area (Å²) in [7, 11) is -0.281. The Morgan fingerprint density at radius 1 is 1.12 bits per heavy atom. The molecule has 9 nitrogen and oxygen atoms in total. The van der Waals surface area contributed by atoms with Gasteiger partial charge in [0, 0.05) is 38.0 Å². The number of carbonyl (C=O) groups is 1. The van der Waals surface area contributed by atoms with Gasteiger partial charge in [-0.05, 0) is 37.3 Å². The second-order valence-corrected chi connectivity index (χ2v) is 10.1. The Hall–Kier alpha value is -3.73. The van der Waals surface area contributed by atoms with Crippen LogP contribution in [0.15, 0.2) is 42.6 Å². The quantitative estimate of drug-likeness (QED) is 0.526. The minimum absolute atomic E-state index is 0.0867.